The Labute approximate surface area is 146 Å². The quantitative estimate of drug-likeness (QED) is 0.666. The third-order valence-electron chi connectivity index (χ3n) is 4.18. The van der Waals surface area contributed by atoms with Gasteiger partial charge in [0.25, 0.3) is 0 Å². The van der Waals surface area contributed by atoms with Gasteiger partial charge in [0.05, 0.1) is 6.04 Å². The SMILES string of the molecule is CCC(c1ccccc1)n1ccc(-c2ccc(Cl)cc2)c1C(=O)O. The zero-order chi connectivity index (χ0) is 17.1. The normalized spacial score (nSPS) is 12.1. The molecule has 0 spiro atoms. The number of benzene rings is 2. The van der Waals surface area contributed by atoms with E-state index in [1.165, 1.54) is 0 Å². The average Bonchev–Trinajstić information content (AvgIpc) is 3.02. The van der Waals surface area contributed by atoms with Crippen LogP contribution in [0.2, 0.25) is 5.02 Å². The van der Waals surface area contributed by atoms with Crippen molar-refractivity contribution in [1.82, 2.24) is 4.57 Å². The van der Waals surface area contributed by atoms with Gasteiger partial charge in [-0.1, -0.05) is 61.0 Å². The van der Waals surface area contributed by atoms with E-state index in [2.05, 4.69) is 6.92 Å². The fourth-order valence-electron chi connectivity index (χ4n) is 3.06. The van der Waals surface area contributed by atoms with E-state index in [1.807, 2.05) is 59.3 Å². The maximum Gasteiger partial charge on any atom is 0.353 e. The van der Waals surface area contributed by atoms with Crippen LogP contribution < -0.4 is 0 Å². The van der Waals surface area contributed by atoms with Gasteiger partial charge in [0, 0.05) is 16.8 Å². The predicted octanol–water partition coefficient (Wildman–Crippen LogP) is 5.51. The second-order valence-electron chi connectivity index (χ2n) is 5.63. The van der Waals surface area contributed by atoms with Crippen molar-refractivity contribution in [3.8, 4) is 11.1 Å². The lowest BCUT2D eigenvalue weighted by Gasteiger charge is -2.20. The molecule has 0 aliphatic heterocycles. The molecular weight excluding hydrogens is 322 g/mol. The Morgan fingerprint density at radius 2 is 1.75 bits per heavy atom. The van der Waals surface area contributed by atoms with Crippen LogP contribution in [0.5, 0.6) is 0 Å². The van der Waals surface area contributed by atoms with E-state index in [9.17, 15) is 9.90 Å². The van der Waals surface area contributed by atoms with Crippen LogP contribution in [0.4, 0.5) is 0 Å². The first-order valence-corrected chi connectivity index (χ1v) is 8.24. The number of halogens is 1. The lowest BCUT2D eigenvalue weighted by Crippen LogP contribution is -2.15. The molecule has 1 atom stereocenters. The van der Waals surface area contributed by atoms with Crippen LogP contribution in [0.25, 0.3) is 11.1 Å². The van der Waals surface area contributed by atoms with Crippen LogP contribution in [0.3, 0.4) is 0 Å². The monoisotopic (exact) mass is 339 g/mol. The fraction of sp³-hybridized carbons (Fsp3) is 0.150. The van der Waals surface area contributed by atoms with Crippen molar-refractivity contribution in [3.63, 3.8) is 0 Å². The molecule has 1 heterocycles. The van der Waals surface area contributed by atoms with Gasteiger partial charge >= 0.3 is 5.97 Å². The minimum absolute atomic E-state index is 0.0154. The maximum atomic E-state index is 11.9. The molecule has 1 unspecified atom stereocenters. The number of carboxylic acids is 1. The molecule has 122 valence electrons. The zero-order valence-electron chi connectivity index (χ0n) is 13.3. The third-order valence-corrected chi connectivity index (χ3v) is 4.43. The van der Waals surface area contributed by atoms with Crippen LogP contribution in [-0.2, 0) is 0 Å². The third kappa shape index (κ3) is 3.08. The molecule has 4 heteroatoms. The summed E-state index contributed by atoms with van der Waals surface area (Å²) < 4.78 is 1.85. The highest BCUT2D eigenvalue weighted by molar-refractivity contribution is 6.30. The highest BCUT2D eigenvalue weighted by Crippen LogP contribution is 2.31. The Morgan fingerprint density at radius 1 is 1.08 bits per heavy atom. The summed E-state index contributed by atoms with van der Waals surface area (Å²) in [6.45, 7) is 2.06. The Morgan fingerprint density at radius 3 is 2.33 bits per heavy atom. The van der Waals surface area contributed by atoms with Gasteiger partial charge in [-0.25, -0.2) is 4.79 Å². The van der Waals surface area contributed by atoms with Crippen molar-refractivity contribution < 1.29 is 9.90 Å². The van der Waals surface area contributed by atoms with Crippen LogP contribution >= 0.6 is 11.6 Å². The van der Waals surface area contributed by atoms with E-state index in [1.54, 1.807) is 12.1 Å². The Kier molecular flexibility index (Phi) is 4.72. The molecule has 0 saturated carbocycles. The summed E-state index contributed by atoms with van der Waals surface area (Å²) in [6, 6.07) is 19.0. The molecule has 0 aliphatic rings. The fourth-order valence-corrected chi connectivity index (χ4v) is 3.19. The molecule has 3 rings (SSSR count). The summed E-state index contributed by atoms with van der Waals surface area (Å²) in [7, 11) is 0. The van der Waals surface area contributed by atoms with E-state index in [0.717, 1.165) is 17.5 Å². The molecule has 0 amide bonds. The number of carbonyl (C=O) groups is 1. The number of rotatable bonds is 5. The highest BCUT2D eigenvalue weighted by Gasteiger charge is 2.22. The Balaban J connectivity index is 2.12. The summed E-state index contributed by atoms with van der Waals surface area (Å²) in [5.41, 5.74) is 2.95. The topological polar surface area (TPSA) is 42.2 Å². The van der Waals surface area contributed by atoms with Crippen molar-refractivity contribution in [2.75, 3.05) is 0 Å². The number of hydrogen-bond donors (Lipinski definition) is 1. The standard InChI is InChI=1S/C20H18ClNO2/c1-2-18(15-6-4-3-5-7-15)22-13-12-17(19(22)20(23)24)14-8-10-16(21)11-9-14/h3-13,18H,2H2,1H3,(H,23,24). The van der Waals surface area contributed by atoms with Gasteiger partial charge in [-0.2, -0.15) is 0 Å². The van der Waals surface area contributed by atoms with Crippen LogP contribution in [-0.4, -0.2) is 15.6 Å². The predicted molar refractivity (Wildman–Crippen MR) is 96.7 cm³/mol. The van der Waals surface area contributed by atoms with Gasteiger partial charge in [0.2, 0.25) is 0 Å². The van der Waals surface area contributed by atoms with Crippen molar-refractivity contribution in [2.24, 2.45) is 0 Å². The first kappa shape index (κ1) is 16.3. The largest absolute Gasteiger partial charge is 0.477 e. The van der Waals surface area contributed by atoms with E-state index in [4.69, 9.17) is 11.6 Å². The van der Waals surface area contributed by atoms with E-state index < -0.39 is 5.97 Å². The Bertz CT molecular complexity index is 838. The molecule has 0 saturated heterocycles. The number of aromatic carboxylic acids is 1. The van der Waals surface area contributed by atoms with Crippen LogP contribution in [0.1, 0.15) is 35.4 Å². The molecule has 0 radical (unpaired) electrons. The van der Waals surface area contributed by atoms with Crippen molar-refractivity contribution in [2.45, 2.75) is 19.4 Å². The molecule has 2 aromatic carbocycles. The highest BCUT2D eigenvalue weighted by atomic mass is 35.5. The van der Waals surface area contributed by atoms with Gasteiger partial charge in [-0.3, -0.25) is 0 Å². The molecule has 3 aromatic rings. The lowest BCUT2D eigenvalue weighted by atomic mass is 10.0. The molecule has 1 aromatic heterocycles. The molecule has 3 nitrogen and oxygen atoms in total. The number of aromatic nitrogens is 1. The number of nitrogens with zero attached hydrogens (tertiary/aromatic N) is 1. The summed E-state index contributed by atoms with van der Waals surface area (Å²) >= 11 is 5.94. The van der Waals surface area contributed by atoms with E-state index >= 15 is 0 Å². The van der Waals surface area contributed by atoms with Gasteiger partial charge in [0.15, 0.2) is 0 Å². The smallest absolute Gasteiger partial charge is 0.353 e. The zero-order valence-corrected chi connectivity index (χ0v) is 14.1. The molecule has 0 fully saturated rings. The molecular formula is C20H18ClNO2. The molecule has 24 heavy (non-hydrogen) atoms. The van der Waals surface area contributed by atoms with Crippen molar-refractivity contribution >= 4 is 17.6 Å². The molecule has 0 aliphatic carbocycles. The summed E-state index contributed by atoms with van der Waals surface area (Å²) in [5.74, 6) is -0.931. The summed E-state index contributed by atoms with van der Waals surface area (Å²) in [6.07, 6.45) is 2.66. The van der Waals surface area contributed by atoms with Gasteiger partial charge in [-0.15, -0.1) is 0 Å². The van der Waals surface area contributed by atoms with Crippen LogP contribution in [0.15, 0.2) is 66.9 Å². The van der Waals surface area contributed by atoms with Gasteiger partial charge in [-0.05, 0) is 35.7 Å². The summed E-state index contributed by atoms with van der Waals surface area (Å²) in [5, 5.41) is 10.4. The van der Waals surface area contributed by atoms with E-state index in [0.29, 0.717) is 16.3 Å². The minimum Gasteiger partial charge on any atom is -0.477 e. The van der Waals surface area contributed by atoms with Crippen molar-refractivity contribution in [3.05, 3.63) is 83.1 Å². The minimum atomic E-state index is -0.931. The molecule has 1 N–H and O–H groups in total. The first-order chi connectivity index (χ1) is 11.6. The molecule has 0 bridgehead atoms. The van der Waals surface area contributed by atoms with E-state index in [-0.39, 0.29) is 6.04 Å². The van der Waals surface area contributed by atoms with Crippen LogP contribution in [0, 0.1) is 0 Å². The lowest BCUT2D eigenvalue weighted by molar-refractivity contribution is 0.0684. The van der Waals surface area contributed by atoms with Gasteiger partial charge < -0.3 is 9.67 Å². The summed E-state index contributed by atoms with van der Waals surface area (Å²) in [4.78, 5) is 11.9. The number of hydrogen-bond acceptors (Lipinski definition) is 1. The van der Waals surface area contributed by atoms with Crippen molar-refractivity contribution in [1.29, 1.82) is 0 Å². The Hall–Kier alpha value is -2.52. The average molecular weight is 340 g/mol. The number of carboxylic acid groups (broad SMARTS) is 1. The second kappa shape index (κ2) is 6.93. The maximum absolute atomic E-state index is 11.9. The first-order valence-electron chi connectivity index (χ1n) is 7.86. The second-order valence-corrected chi connectivity index (χ2v) is 6.07. The van der Waals surface area contributed by atoms with Gasteiger partial charge in [0.1, 0.15) is 5.69 Å².